The standard InChI is InChI=1S/C12H10ClNO3/c1-6-9-5-8(13)3-4-10(9)17-12(15)11(6)7(2)14-16/h3-5,16H,1-2H3. The van der Waals surface area contributed by atoms with E-state index in [1.165, 1.54) is 6.92 Å². The molecule has 0 aliphatic heterocycles. The topological polar surface area (TPSA) is 62.8 Å². The number of halogens is 1. The second kappa shape index (κ2) is 4.22. The average molecular weight is 252 g/mol. The molecule has 0 atom stereocenters. The fourth-order valence-corrected chi connectivity index (χ4v) is 1.96. The molecular formula is C12H10ClNO3. The monoisotopic (exact) mass is 251 g/mol. The van der Waals surface area contributed by atoms with Gasteiger partial charge in [0, 0.05) is 10.4 Å². The average Bonchev–Trinajstić information content (AvgIpc) is 2.30. The van der Waals surface area contributed by atoms with Gasteiger partial charge in [-0.25, -0.2) is 4.79 Å². The number of benzene rings is 1. The lowest BCUT2D eigenvalue weighted by atomic mass is 10.0. The van der Waals surface area contributed by atoms with Gasteiger partial charge in [0.25, 0.3) is 0 Å². The normalized spacial score (nSPS) is 12.1. The van der Waals surface area contributed by atoms with Crippen LogP contribution in [0.15, 0.2) is 32.6 Å². The molecule has 0 unspecified atom stereocenters. The van der Waals surface area contributed by atoms with Gasteiger partial charge in [0.1, 0.15) is 5.58 Å². The summed E-state index contributed by atoms with van der Waals surface area (Å²) in [5.74, 6) is 0. The smallest absolute Gasteiger partial charge is 0.345 e. The van der Waals surface area contributed by atoms with Crippen molar-refractivity contribution in [2.45, 2.75) is 13.8 Å². The van der Waals surface area contributed by atoms with Crippen molar-refractivity contribution in [2.75, 3.05) is 0 Å². The van der Waals surface area contributed by atoms with E-state index in [2.05, 4.69) is 5.16 Å². The Morgan fingerprint density at radius 2 is 2.18 bits per heavy atom. The van der Waals surface area contributed by atoms with Gasteiger partial charge in [0.05, 0.1) is 11.3 Å². The van der Waals surface area contributed by atoms with Crippen molar-refractivity contribution in [2.24, 2.45) is 5.16 Å². The number of fused-ring (bicyclic) bond motifs is 1. The predicted octanol–water partition coefficient (Wildman–Crippen LogP) is 2.95. The van der Waals surface area contributed by atoms with E-state index in [9.17, 15) is 4.79 Å². The first-order valence-corrected chi connectivity index (χ1v) is 5.34. The zero-order chi connectivity index (χ0) is 12.6. The van der Waals surface area contributed by atoms with Gasteiger partial charge in [-0.2, -0.15) is 0 Å². The Labute approximate surface area is 102 Å². The fourth-order valence-electron chi connectivity index (χ4n) is 1.79. The van der Waals surface area contributed by atoms with Crippen LogP contribution in [-0.4, -0.2) is 10.9 Å². The molecule has 0 bridgehead atoms. The van der Waals surface area contributed by atoms with Gasteiger partial charge < -0.3 is 9.62 Å². The molecule has 4 nitrogen and oxygen atoms in total. The van der Waals surface area contributed by atoms with Crippen molar-refractivity contribution in [3.8, 4) is 0 Å². The van der Waals surface area contributed by atoms with E-state index in [0.29, 0.717) is 16.2 Å². The number of rotatable bonds is 1. The largest absolute Gasteiger partial charge is 0.422 e. The maximum atomic E-state index is 11.7. The maximum absolute atomic E-state index is 11.7. The lowest BCUT2D eigenvalue weighted by Crippen LogP contribution is -2.15. The molecule has 0 radical (unpaired) electrons. The molecule has 0 aliphatic carbocycles. The molecule has 1 N–H and O–H groups in total. The molecule has 0 fully saturated rings. The molecule has 2 aromatic rings. The third kappa shape index (κ3) is 1.91. The second-order valence-corrected chi connectivity index (χ2v) is 4.15. The first kappa shape index (κ1) is 11.7. The van der Waals surface area contributed by atoms with Crippen LogP contribution < -0.4 is 5.63 Å². The molecule has 0 amide bonds. The Bertz CT molecular complexity index is 673. The van der Waals surface area contributed by atoms with Gasteiger partial charge in [0.15, 0.2) is 0 Å². The van der Waals surface area contributed by atoms with Gasteiger partial charge in [-0.3, -0.25) is 0 Å². The fraction of sp³-hybridized carbons (Fsp3) is 0.167. The number of oxime groups is 1. The van der Waals surface area contributed by atoms with Crippen LogP contribution in [0.1, 0.15) is 18.1 Å². The molecule has 2 rings (SSSR count). The van der Waals surface area contributed by atoms with E-state index >= 15 is 0 Å². The first-order valence-electron chi connectivity index (χ1n) is 4.96. The summed E-state index contributed by atoms with van der Waals surface area (Å²) in [4.78, 5) is 11.7. The van der Waals surface area contributed by atoms with Gasteiger partial charge in [-0.05, 0) is 37.6 Å². The molecule has 0 aliphatic rings. The second-order valence-electron chi connectivity index (χ2n) is 3.72. The number of aryl methyl sites for hydroxylation is 1. The molecule has 17 heavy (non-hydrogen) atoms. The minimum Gasteiger partial charge on any atom is -0.422 e. The summed E-state index contributed by atoms with van der Waals surface area (Å²) in [6.07, 6.45) is 0. The predicted molar refractivity (Wildman–Crippen MR) is 66.2 cm³/mol. The first-order chi connectivity index (χ1) is 8.04. The van der Waals surface area contributed by atoms with E-state index in [1.807, 2.05) is 0 Å². The van der Waals surface area contributed by atoms with Crippen molar-refractivity contribution in [1.29, 1.82) is 0 Å². The van der Waals surface area contributed by atoms with Crippen molar-refractivity contribution in [3.63, 3.8) is 0 Å². The molecule has 88 valence electrons. The van der Waals surface area contributed by atoms with Crippen molar-refractivity contribution in [1.82, 2.24) is 0 Å². The summed E-state index contributed by atoms with van der Waals surface area (Å²) >= 11 is 5.90. The lowest BCUT2D eigenvalue weighted by Gasteiger charge is -2.06. The van der Waals surface area contributed by atoms with Crippen LogP contribution in [-0.2, 0) is 0 Å². The van der Waals surface area contributed by atoms with E-state index < -0.39 is 5.63 Å². The van der Waals surface area contributed by atoms with Gasteiger partial charge >= 0.3 is 5.63 Å². The number of nitrogens with zero attached hydrogens (tertiary/aromatic N) is 1. The summed E-state index contributed by atoms with van der Waals surface area (Å²) in [6, 6.07) is 5.00. The Hall–Kier alpha value is -1.81. The van der Waals surface area contributed by atoms with Gasteiger partial charge in [-0.1, -0.05) is 16.8 Å². The molecule has 1 aromatic carbocycles. The maximum Gasteiger partial charge on any atom is 0.345 e. The van der Waals surface area contributed by atoms with Gasteiger partial charge in [-0.15, -0.1) is 0 Å². The summed E-state index contributed by atoms with van der Waals surface area (Å²) in [7, 11) is 0. The van der Waals surface area contributed by atoms with E-state index in [1.54, 1.807) is 25.1 Å². The highest BCUT2D eigenvalue weighted by atomic mass is 35.5. The van der Waals surface area contributed by atoms with Crippen molar-refractivity contribution < 1.29 is 9.62 Å². The molecule has 1 heterocycles. The molecular weight excluding hydrogens is 242 g/mol. The SMILES string of the molecule is CC(=NO)c1c(C)c2cc(Cl)ccc2oc1=O. The summed E-state index contributed by atoms with van der Waals surface area (Å²) in [5.41, 5.74) is 1.12. The Balaban J connectivity index is 2.92. The molecule has 0 saturated carbocycles. The number of hydrogen-bond acceptors (Lipinski definition) is 4. The molecule has 1 aromatic heterocycles. The van der Waals surface area contributed by atoms with Crippen LogP contribution >= 0.6 is 11.6 Å². The van der Waals surface area contributed by atoms with E-state index in [4.69, 9.17) is 21.2 Å². The van der Waals surface area contributed by atoms with Crippen LogP contribution in [0.4, 0.5) is 0 Å². The van der Waals surface area contributed by atoms with E-state index in [-0.39, 0.29) is 11.3 Å². The highest BCUT2D eigenvalue weighted by Gasteiger charge is 2.14. The lowest BCUT2D eigenvalue weighted by molar-refractivity contribution is 0.319. The van der Waals surface area contributed by atoms with Gasteiger partial charge in [0.2, 0.25) is 0 Å². The Morgan fingerprint density at radius 3 is 2.82 bits per heavy atom. The molecule has 5 heteroatoms. The molecule has 0 spiro atoms. The Morgan fingerprint density at radius 1 is 1.47 bits per heavy atom. The van der Waals surface area contributed by atoms with Crippen LogP contribution in [0, 0.1) is 6.92 Å². The quantitative estimate of drug-likeness (QED) is 0.367. The van der Waals surface area contributed by atoms with Crippen molar-refractivity contribution >= 4 is 28.3 Å². The zero-order valence-corrected chi connectivity index (χ0v) is 10.1. The van der Waals surface area contributed by atoms with E-state index in [0.717, 1.165) is 5.39 Å². The van der Waals surface area contributed by atoms with Crippen molar-refractivity contribution in [3.05, 3.63) is 44.8 Å². The third-order valence-corrected chi connectivity index (χ3v) is 2.87. The van der Waals surface area contributed by atoms with Crippen LogP contribution in [0.5, 0.6) is 0 Å². The van der Waals surface area contributed by atoms with Crippen LogP contribution in [0.25, 0.3) is 11.0 Å². The Kier molecular flexibility index (Phi) is 2.90. The summed E-state index contributed by atoms with van der Waals surface area (Å²) in [6.45, 7) is 3.30. The zero-order valence-electron chi connectivity index (χ0n) is 9.32. The number of hydrogen-bond donors (Lipinski definition) is 1. The highest BCUT2D eigenvalue weighted by molar-refractivity contribution is 6.31. The summed E-state index contributed by atoms with van der Waals surface area (Å²) < 4.78 is 5.15. The summed E-state index contributed by atoms with van der Waals surface area (Å²) in [5, 5.41) is 13.1. The van der Waals surface area contributed by atoms with Crippen LogP contribution in [0.3, 0.4) is 0 Å². The minimum absolute atomic E-state index is 0.220. The highest BCUT2D eigenvalue weighted by Crippen LogP contribution is 2.23. The van der Waals surface area contributed by atoms with Crippen LogP contribution in [0.2, 0.25) is 5.02 Å². The third-order valence-electron chi connectivity index (χ3n) is 2.64. The minimum atomic E-state index is -0.521. The molecule has 0 saturated heterocycles.